The Labute approximate surface area is 131 Å². The molecule has 1 aromatic carbocycles. The van der Waals surface area contributed by atoms with Crippen molar-refractivity contribution >= 4 is 17.5 Å². The molecule has 1 aromatic rings. The van der Waals surface area contributed by atoms with Crippen LogP contribution in [0, 0.1) is 5.92 Å². The highest BCUT2D eigenvalue weighted by atomic mass is 16.2. The molecule has 1 saturated heterocycles. The molecule has 0 aromatic heterocycles. The van der Waals surface area contributed by atoms with E-state index in [1.54, 1.807) is 11.8 Å². The molecular weight excluding hydrogens is 278 g/mol. The van der Waals surface area contributed by atoms with Crippen molar-refractivity contribution in [1.82, 2.24) is 4.90 Å². The topological polar surface area (TPSA) is 66.6 Å². The van der Waals surface area contributed by atoms with Crippen LogP contribution in [-0.2, 0) is 11.2 Å². The lowest BCUT2D eigenvalue weighted by Gasteiger charge is -2.31. The van der Waals surface area contributed by atoms with Gasteiger partial charge in [-0.3, -0.25) is 9.59 Å². The number of piperidine rings is 1. The first-order chi connectivity index (χ1) is 10.6. The van der Waals surface area contributed by atoms with Crippen LogP contribution in [0.4, 0.5) is 5.69 Å². The predicted molar refractivity (Wildman–Crippen MR) is 85.9 cm³/mol. The van der Waals surface area contributed by atoms with Crippen molar-refractivity contribution in [3.05, 3.63) is 29.3 Å². The van der Waals surface area contributed by atoms with Crippen molar-refractivity contribution < 1.29 is 9.59 Å². The number of carbonyl (C=O) groups excluding carboxylic acids is 2. The molecule has 0 bridgehead atoms. The van der Waals surface area contributed by atoms with Crippen LogP contribution in [0.25, 0.3) is 0 Å². The first-order valence-corrected chi connectivity index (χ1v) is 8.00. The van der Waals surface area contributed by atoms with Gasteiger partial charge in [-0.05, 0) is 55.5 Å². The van der Waals surface area contributed by atoms with Gasteiger partial charge in [0.05, 0.1) is 0 Å². The van der Waals surface area contributed by atoms with E-state index in [9.17, 15) is 9.59 Å². The normalized spacial score (nSPS) is 18.5. The van der Waals surface area contributed by atoms with Crippen LogP contribution < -0.4 is 10.6 Å². The second-order valence-electron chi connectivity index (χ2n) is 6.24. The molecule has 0 spiro atoms. The molecule has 5 heteroatoms. The van der Waals surface area contributed by atoms with Gasteiger partial charge in [0.2, 0.25) is 5.91 Å². The molecule has 0 atom stereocenters. The zero-order valence-corrected chi connectivity index (χ0v) is 13.0. The van der Waals surface area contributed by atoms with Crippen molar-refractivity contribution in [2.24, 2.45) is 11.7 Å². The largest absolute Gasteiger partial charge is 0.339 e. The Balaban J connectivity index is 1.74. The van der Waals surface area contributed by atoms with Gasteiger partial charge in [-0.25, -0.2) is 0 Å². The molecule has 3 rings (SSSR count). The van der Waals surface area contributed by atoms with E-state index in [0.29, 0.717) is 19.0 Å². The number of fused-ring (bicyclic) bond motifs is 1. The molecule has 2 aliphatic rings. The minimum atomic E-state index is 0.0571. The van der Waals surface area contributed by atoms with Crippen LogP contribution in [0.5, 0.6) is 0 Å². The molecule has 5 nitrogen and oxygen atoms in total. The Morgan fingerprint density at radius 3 is 2.59 bits per heavy atom. The molecule has 1 fully saturated rings. The fraction of sp³-hybridized carbons (Fsp3) is 0.529. The lowest BCUT2D eigenvalue weighted by molar-refractivity contribution is -0.116. The van der Waals surface area contributed by atoms with Gasteiger partial charge in [-0.15, -0.1) is 0 Å². The number of amides is 2. The van der Waals surface area contributed by atoms with Gasteiger partial charge >= 0.3 is 0 Å². The van der Waals surface area contributed by atoms with Crippen molar-refractivity contribution in [3.8, 4) is 0 Å². The maximum atomic E-state index is 12.6. The molecule has 2 heterocycles. The first kappa shape index (κ1) is 15.0. The lowest BCUT2D eigenvalue weighted by atomic mass is 9.96. The summed E-state index contributed by atoms with van der Waals surface area (Å²) in [5.74, 6) is 0.703. The number of carbonyl (C=O) groups is 2. The van der Waals surface area contributed by atoms with Gasteiger partial charge in [-0.2, -0.15) is 0 Å². The van der Waals surface area contributed by atoms with Crippen LogP contribution in [0.3, 0.4) is 0 Å². The summed E-state index contributed by atoms with van der Waals surface area (Å²) in [7, 11) is 0. The Hall–Kier alpha value is -1.88. The Kier molecular flexibility index (Phi) is 4.16. The number of nitrogens with zero attached hydrogens (tertiary/aromatic N) is 2. The first-order valence-electron chi connectivity index (χ1n) is 8.00. The third-order valence-corrected chi connectivity index (χ3v) is 4.84. The molecule has 2 amide bonds. The summed E-state index contributed by atoms with van der Waals surface area (Å²) in [6.07, 6.45) is 2.81. The molecule has 0 radical (unpaired) electrons. The molecule has 118 valence electrons. The highest BCUT2D eigenvalue weighted by Gasteiger charge is 2.26. The van der Waals surface area contributed by atoms with Gasteiger partial charge in [0.25, 0.3) is 5.91 Å². The van der Waals surface area contributed by atoms with E-state index < -0.39 is 0 Å². The summed E-state index contributed by atoms with van der Waals surface area (Å²) in [6.45, 7) is 4.58. The zero-order valence-electron chi connectivity index (χ0n) is 13.0. The predicted octanol–water partition coefficient (Wildman–Crippen LogP) is 1.41. The number of anilines is 1. The summed E-state index contributed by atoms with van der Waals surface area (Å²) < 4.78 is 0. The van der Waals surface area contributed by atoms with E-state index in [1.807, 2.05) is 23.1 Å². The van der Waals surface area contributed by atoms with Crippen LogP contribution in [0.2, 0.25) is 0 Å². The average molecular weight is 301 g/mol. The van der Waals surface area contributed by atoms with Crippen molar-refractivity contribution in [1.29, 1.82) is 0 Å². The summed E-state index contributed by atoms with van der Waals surface area (Å²) in [5.41, 5.74) is 8.48. The zero-order chi connectivity index (χ0) is 15.7. The van der Waals surface area contributed by atoms with Crippen LogP contribution in [0.15, 0.2) is 18.2 Å². The lowest BCUT2D eigenvalue weighted by Crippen LogP contribution is -2.40. The van der Waals surface area contributed by atoms with E-state index in [-0.39, 0.29) is 11.8 Å². The Morgan fingerprint density at radius 1 is 1.23 bits per heavy atom. The third-order valence-electron chi connectivity index (χ3n) is 4.84. The number of rotatable bonds is 2. The van der Waals surface area contributed by atoms with E-state index >= 15 is 0 Å². The van der Waals surface area contributed by atoms with Crippen molar-refractivity contribution in [3.63, 3.8) is 0 Å². The Bertz CT molecular complexity index is 592. The summed E-state index contributed by atoms with van der Waals surface area (Å²) in [5, 5.41) is 0. The number of nitrogens with two attached hydrogens (primary N) is 1. The molecular formula is C17H23N3O2. The fourth-order valence-corrected chi connectivity index (χ4v) is 3.42. The summed E-state index contributed by atoms with van der Waals surface area (Å²) in [6, 6.07) is 5.71. The monoisotopic (exact) mass is 301 g/mol. The highest BCUT2D eigenvalue weighted by Crippen LogP contribution is 2.29. The van der Waals surface area contributed by atoms with Gasteiger partial charge in [0.15, 0.2) is 0 Å². The molecule has 22 heavy (non-hydrogen) atoms. The maximum Gasteiger partial charge on any atom is 0.253 e. The molecule has 2 N–H and O–H groups in total. The summed E-state index contributed by atoms with van der Waals surface area (Å²) in [4.78, 5) is 27.9. The van der Waals surface area contributed by atoms with Gasteiger partial charge in [0, 0.05) is 37.8 Å². The van der Waals surface area contributed by atoms with Crippen LogP contribution >= 0.6 is 0 Å². The second kappa shape index (κ2) is 6.08. The van der Waals surface area contributed by atoms with E-state index in [2.05, 4.69) is 0 Å². The number of benzene rings is 1. The highest BCUT2D eigenvalue weighted by molar-refractivity contribution is 5.97. The molecule has 0 unspecified atom stereocenters. The standard InChI is InChI=1S/C17H23N3O2/c1-12(21)20-9-6-14-10-15(2-3-16(14)20)17(22)19-7-4-13(11-18)5-8-19/h2-3,10,13H,4-9,11,18H2,1H3. The minimum absolute atomic E-state index is 0.0571. The smallest absolute Gasteiger partial charge is 0.253 e. The van der Waals surface area contributed by atoms with Crippen LogP contribution in [0.1, 0.15) is 35.7 Å². The van der Waals surface area contributed by atoms with E-state index in [1.165, 1.54) is 0 Å². The van der Waals surface area contributed by atoms with Crippen LogP contribution in [-0.4, -0.2) is 42.9 Å². The minimum Gasteiger partial charge on any atom is -0.339 e. The van der Waals surface area contributed by atoms with Crippen molar-refractivity contribution in [2.45, 2.75) is 26.2 Å². The summed E-state index contributed by atoms with van der Waals surface area (Å²) >= 11 is 0. The quantitative estimate of drug-likeness (QED) is 0.898. The molecule has 0 aliphatic carbocycles. The average Bonchev–Trinajstić information content (AvgIpc) is 2.97. The Morgan fingerprint density at radius 2 is 1.95 bits per heavy atom. The van der Waals surface area contributed by atoms with Gasteiger partial charge < -0.3 is 15.5 Å². The molecule has 2 aliphatic heterocycles. The van der Waals surface area contributed by atoms with Gasteiger partial charge in [-0.1, -0.05) is 0 Å². The molecule has 0 saturated carbocycles. The maximum absolute atomic E-state index is 12.6. The van der Waals surface area contributed by atoms with Gasteiger partial charge in [0.1, 0.15) is 0 Å². The number of hydrogen-bond donors (Lipinski definition) is 1. The number of likely N-dealkylation sites (tertiary alicyclic amines) is 1. The number of hydrogen-bond acceptors (Lipinski definition) is 3. The fourth-order valence-electron chi connectivity index (χ4n) is 3.42. The van der Waals surface area contributed by atoms with E-state index in [4.69, 9.17) is 5.73 Å². The second-order valence-corrected chi connectivity index (χ2v) is 6.24. The van der Waals surface area contributed by atoms with Crippen molar-refractivity contribution in [2.75, 3.05) is 31.1 Å². The van der Waals surface area contributed by atoms with E-state index in [0.717, 1.165) is 49.2 Å². The SMILES string of the molecule is CC(=O)N1CCc2cc(C(=O)N3CCC(CN)CC3)ccc21. The third kappa shape index (κ3) is 2.73.